The Bertz CT molecular complexity index is 955. The Hall–Kier alpha value is -3.12. The van der Waals surface area contributed by atoms with E-state index in [4.69, 9.17) is 18.0 Å². The van der Waals surface area contributed by atoms with E-state index in [2.05, 4.69) is 36.0 Å². The van der Waals surface area contributed by atoms with Crippen molar-refractivity contribution in [3.05, 3.63) is 83.2 Å². The lowest BCUT2D eigenvalue weighted by atomic mass is 10.2. The number of nitrogens with one attached hydrogen (secondary N) is 1. The Labute approximate surface area is 164 Å². The molecule has 3 rings (SSSR count). The van der Waals surface area contributed by atoms with Crippen molar-refractivity contribution in [3.63, 3.8) is 0 Å². The Morgan fingerprint density at radius 1 is 0.926 bits per heavy atom. The number of nitrogens with two attached hydrogens (primary N) is 1. The summed E-state index contributed by atoms with van der Waals surface area (Å²) in [4.78, 5) is 12.7. The predicted octanol–water partition coefficient (Wildman–Crippen LogP) is 3.80. The van der Waals surface area contributed by atoms with E-state index in [9.17, 15) is 4.79 Å². The molecule has 138 valence electrons. The van der Waals surface area contributed by atoms with Gasteiger partial charge >= 0.3 is 0 Å². The van der Waals surface area contributed by atoms with Gasteiger partial charge in [-0.2, -0.15) is 0 Å². The zero-order valence-corrected chi connectivity index (χ0v) is 16.4. The second kappa shape index (κ2) is 7.63. The fourth-order valence-electron chi connectivity index (χ4n) is 2.94. The smallest absolute Gasteiger partial charge is 0.270 e. The molecule has 0 aliphatic heterocycles. The molecule has 5 nitrogen and oxygen atoms in total. The van der Waals surface area contributed by atoms with E-state index >= 15 is 0 Å². The van der Waals surface area contributed by atoms with Crippen molar-refractivity contribution in [2.24, 2.45) is 5.73 Å². The van der Waals surface area contributed by atoms with E-state index in [1.54, 1.807) is 12.1 Å². The van der Waals surface area contributed by atoms with Gasteiger partial charge < -0.3 is 10.3 Å². The number of hydrazine groups is 1. The summed E-state index contributed by atoms with van der Waals surface area (Å²) in [7, 11) is 0. The van der Waals surface area contributed by atoms with E-state index in [0.717, 1.165) is 22.6 Å². The molecule has 0 bridgehead atoms. The number of anilines is 1. The third kappa shape index (κ3) is 4.01. The van der Waals surface area contributed by atoms with Crippen molar-refractivity contribution in [1.29, 1.82) is 0 Å². The lowest BCUT2D eigenvalue weighted by Gasteiger charge is -2.23. The Balaban J connectivity index is 1.80. The number of carbonyl (C=O) groups excluding carboxylic acids is 1. The van der Waals surface area contributed by atoms with E-state index in [-0.39, 0.29) is 11.0 Å². The van der Waals surface area contributed by atoms with Gasteiger partial charge in [0.15, 0.2) is 5.11 Å². The van der Waals surface area contributed by atoms with Gasteiger partial charge in [0, 0.05) is 22.6 Å². The van der Waals surface area contributed by atoms with Crippen LogP contribution in [0.3, 0.4) is 0 Å². The number of thiocarbonyl (C=S) groups is 1. The number of carbonyl (C=O) groups is 1. The SMILES string of the molecule is Cc1ccc(N(NC(=O)c2ccc(-n3c(C)ccc3C)cc2)C(N)=S)cc1. The van der Waals surface area contributed by atoms with Gasteiger partial charge in [-0.25, -0.2) is 5.01 Å². The van der Waals surface area contributed by atoms with Gasteiger partial charge in [-0.1, -0.05) is 17.7 Å². The first kappa shape index (κ1) is 18.7. The van der Waals surface area contributed by atoms with E-state index in [1.807, 2.05) is 43.3 Å². The lowest BCUT2D eigenvalue weighted by molar-refractivity contribution is 0.0955. The van der Waals surface area contributed by atoms with Gasteiger partial charge in [0.2, 0.25) is 0 Å². The minimum atomic E-state index is -0.282. The fraction of sp³-hybridized carbons (Fsp3) is 0.143. The molecule has 0 aliphatic carbocycles. The highest BCUT2D eigenvalue weighted by molar-refractivity contribution is 7.80. The molecule has 0 aliphatic rings. The molecule has 0 saturated heterocycles. The van der Waals surface area contributed by atoms with Crippen LogP contribution in [0.25, 0.3) is 5.69 Å². The fourth-order valence-corrected chi connectivity index (χ4v) is 3.10. The molecule has 0 saturated carbocycles. The maximum Gasteiger partial charge on any atom is 0.270 e. The van der Waals surface area contributed by atoms with Gasteiger partial charge in [-0.15, -0.1) is 0 Å². The van der Waals surface area contributed by atoms with Crippen LogP contribution in [0.2, 0.25) is 0 Å². The monoisotopic (exact) mass is 378 g/mol. The van der Waals surface area contributed by atoms with Crippen molar-refractivity contribution in [2.75, 3.05) is 5.01 Å². The molecule has 1 aromatic heterocycles. The van der Waals surface area contributed by atoms with Gasteiger partial charge in [-0.3, -0.25) is 10.2 Å². The molecule has 27 heavy (non-hydrogen) atoms. The van der Waals surface area contributed by atoms with Crippen LogP contribution in [0.15, 0.2) is 60.7 Å². The second-order valence-electron chi connectivity index (χ2n) is 6.45. The molecule has 0 atom stereocenters. The third-order valence-corrected chi connectivity index (χ3v) is 4.57. The summed E-state index contributed by atoms with van der Waals surface area (Å²) in [6, 6.07) is 19.1. The van der Waals surface area contributed by atoms with E-state index in [0.29, 0.717) is 11.3 Å². The quantitative estimate of drug-likeness (QED) is 0.538. The summed E-state index contributed by atoms with van der Waals surface area (Å²) < 4.78 is 2.13. The zero-order valence-electron chi connectivity index (χ0n) is 15.6. The Morgan fingerprint density at radius 3 is 2.00 bits per heavy atom. The number of nitrogens with zero attached hydrogens (tertiary/aromatic N) is 2. The van der Waals surface area contributed by atoms with Crippen LogP contribution in [0, 0.1) is 20.8 Å². The average molecular weight is 379 g/mol. The largest absolute Gasteiger partial charge is 0.374 e. The first-order valence-corrected chi connectivity index (χ1v) is 9.00. The van der Waals surface area contributed by atoms with Gasteiger partial charge in [0.25, 0.3) is 5.91 Å². The molecular formula is C21H22N4OS. The van der Waals surface area contributed by atoms with Crippen molar-refractivity contribution in [2.45, 2.75) is 20.8 Å². The van der Waals surface area contributed by atoms with Gasteiger partial charge in [-0.05, 0) is 81.5 Å². The van der Waals surface area contributed by atoms with Crippen LogP contribution in [-0.4, -0.2) is 15.6 Å². The third-order valence-electron chi connectivity index (χ3n) is 4.38. The summed E-state index contributed by atoms with van der Waals surface area (Å²) in [5.41, 5.74) is 14.2. The molecule has 3 N–H and O–H groups in total. The summed E-state index contributed by atoms with van der Waals surface area (Å²) in [5, 5.41) is 1.48. The molecule has 0 fully saturated rings. The Kier molecular flexibility index (Phi) is 5.28. The van der Waals surface area contributed by atoms with Crippen LogP contribution in [0.1, 0.15) is 27.3 Å². The van der Waals surface area contributed by atoms with Crippen molar-refractivity contribution in [3.8, 4) is 5.69 Å². The van der Waals surface area contributed by atoms with Crippen LogP contribution >= 0.6 is 12.2 Å². The summed E-state index contributed by atoms with van der Waals surface area (Å²) >= 11 is 5.09. The topological polar surface area (TPSA) is 63.3 Å². The minimum Gasteiger partial charge on any atom is -0.374 e. The molecule has 3 aromatic rings. The number of amides is 1. The first-order valence-electron chi connectivity index (χ1n) is 8.59. The molecule has 0 spiro atoms. The summed E-state index contributed by atoms with van der Waals surface area (Å²) in [6.45, 7) is 6.09. The van der Waals surface area contributed by atoms with Gasteiger partial charge in [0.05, 0.1) is 5.69 Å². The molecule has 0 radical (unpaired) electrons. The lowest BCUT2D eigenvalue weighted by Crippen LogP contribution is -2.49. The van der Waals surface area contributed by atoms with Crippen LogP contribution < -0.4 is 16.2 Å². The normalized spacial score (nSPS) is 10.5. The highest BCUT2D eigenvalue weighted by Gasteiger charge is 2.15. The maximum absolute atomic E-state index is 12.7. The van der Waals surface area contributed by atoms with Crippen molar-refractivity contribution >= 4 is 28.9 Å². The minimum absolute atomic E-state index is 0.0717. The molecule has 0 unspecified atom stereocenters. The number of hydrogen-bond donors (Lipinski definition) is 2. The molecule has 2 aromatic carbocycles. The van der Waals surface area contributed by atoms with Crippen LogP contribution in [0.5, 0.6) is 0 Å². The zero-order chi connectivity index (χ0) is 19.6. The van der Waals surface area contributed by atoms with E-state index < -0.39 is 0 Å². The summed E-state index contributed by atoms with van der Waals surface area (Å²) in [6.07, 6.45) is 0. The average Bonchev–Trinajstić information content (AvgIpc) is 2.99. The standard InChI is InChI=1S/C21H22N4OS/c1-14-4-10-19(11-5-14)25(21(22)27)23-20(26)17-8-12-18(13-9-17)24-15(2)6-7-16(24)3/h4-13H,1-3H3,(H2,22,27)(H,23,26). The van der Waals surface area contributed by atoms with E-state index in [1.165, 1.54) is 5.01 Å². The Morgan fingerprint density at radius 2 is 1.48 bits per heavy atom. The van der Waals surface area contributed by atoms with Gasteiger partial charge in [0.1, 0.15) is 0 Å². The van der Waals surface area contributed by atoms with Crippen molar-refractivity contribution < 1.29 is 4.79 Å². The van der Waals surface area contributed by atoms with Crippen molar-refractivity contribution in [1.82, 2.24) is 9.99 Å². The number of benzene rings is 2. The number of aryl methyl sites for hydroxylation is 3. The number of hydrogen-bond acceptors (Lipinski definition) is 2. The highest BCUT2D eigenvalue weighted by atomic mass is 32.1. The van der Waals surface area contributed by atoms with Crippen LogP contribution in [0.4, 0.5) is 5.69 Å². The molecular weight excluding hydrogens is 356 g/mol. The van der Waals surface area contributed by atoms with Crippen LogP contribution in [-0.2, 0) is 0 Å². The first-order chi connectivity index (χ1) is 12.9. The maximum atomic E-state index is 12.7. The predicted molar refractivity (Wildman–Crippen MR) is 113 cm³/mol. The molecule has 1 amide bonds. The molecule has 1 heterocycles. The highest BCUT2D eigenvalue weighted by Crippen LogP contribution is 2.18. The number of aromatic nitrogens is 1. The number of rotatable bonds is 3. The second-order valence-corrected chi connectivity index (χ2v) is 6.87. The molecule has 6 heteroatoms. The summed E-state index contributed by atoms with van der Waals surface area (Å²) in [5.74, 6) is -0.282.